The van der Waals surface area contributed by atoms with E-state index in [2.05, 4.69) is 17.2 Å². The van der Waals surface area contributed by atoms with E-state index in [1.54, 1.807) is 24.3 Å². The normalized spacial score (nSPS) is 17.7. The van der Waals surface area contributed by atoms with E-state index in [-0.39, 0.29) is 13.2 Å². The summed E-state index contributed by atoms with van der Waals surface area (Å²) >= 11 is 17.0. The number of hydrogen-bond donors (Lipinski definition) is 2. The van der Waals surface area contributed by atoms with Gasteiger partial charge in [-0.1, -0.05) is 47.5 Å². The summed E-state index contributed by atoms with van der Waals surface area (Å²) in [5, 5.41) is 5.22. The molecule has 1 saturated heterocycles. The highest BCUT2D eigenvalue weighted by atomic mass is 35.6. The van der Waals surface area contributed by atoms with Gasteiger partial charge in [0.05, 0.1) is 19.2 Å². The number of amides is 2. The molecule has 2 amide bonds. The van der Waals surface area contributed by atoms with Crippen molar-refractivity contribution >= 4 is 46.8 Å². The Kier molecular flexibility index (Phi) is 6.86. The molecule has 0 aliphatic carbocycles. The number of benzene rings is 1. The van der Waals surface area contributed by atoms with Crippen LogP contribution in [0.5, 0.6) is 11.5 Å². The predicted octanol–water partition coefficient (Wildman–Crippen LogP) is 2.90. The number of ether oxygens (including phenoxy) is 3. The Balaban J connectivity index is 2.41. The van der Waals surface area contributed by atoms with Gasteiger partial charge < -0.3 is 24.8 Å². The Labute approximate surface area is 165 Å². The molecule has 142 valence electrons. The van der Waals surface area contributed by atoms with Crippen molar-refractivity contribution in [3.05, 3.63) is 36.4 Å². The number of alkyl carbamates (subject to hydrolysis) is 1. The van der Waals surface area contributed by atoms with E-state index >= 15 is 0 Å². The van der Waals surface area contributed by atoms with Gasteiger partial charge in [-0.25, -0.2) is 4.79 Å². The van der Waals surface area contributed by atoms with E-state index in [1.165, 1.54) is 7.11 Å². The van der Waals surface area contributed by atoms with Crippen LogP contribution in [0, 0.1) is 0 Å². The fourth-order valence-corrected chi connectivity index (χ4v) is 2.53. The van der Waals surface area contributed by atoms with Crippen LogP contribution in [0.3, 0.4) is 0 Å². The van der Waals surface area contributed by atoms with Gasteiger partial charge in [0.25, 0.3) is 9.70 Å². The van der Waals surface area contributed by atoms with Gasteiger partial charge >= 0.3 is 6.09 Å². The van der Waals surface area contributed by atoms with Gasteiger partial charge in [-0.2, -0.15) is 0 Å². The largest absolute Gasteiger partial charge is 0.497 e. The van der Waals surface area contributed by atoms with Crippen LogP contribution in [0.4, 0.5) is 4.79 Å². The number of carbonyl (C=O) groups is 2. The third kappa shape index (κ3) is 5.09. The minimum atomic E-state index is -2.17. The van der Waals surface area contributed by atoms with Gasteiger partial charge in [0.15, 0.2) is 0 Å². The molecule has 0 saturated carbocycles. The summed E-state index contributed by atoms with van der Waals surface area (Å²) in [5.74, 6) is 0.116. The lowest BCUT2D eigenvalue weighted by atomic mass is 9.98. The van der Waals surface area contributed by atoms with Crippen molar-refractivity contribution in [2.24, 2.45) is 0 Å². The summed E-state index contributed by atoms with van der Waals surface area (Å²) in [5.41, 5.74) is 0.547. The molecular formula is C16H17Cl3N2O5. The third-order valence-electron chi connectivity index (χ3n) is 3.56. The number of halogens is 3. The van der Waals surface area contributed by atoms with Crippen molar-refractivity contribution in [3.8, 4) is 11.5 Å². The van der Waals surface area contributed by atoms with Gasteiger partial charge in [-0.15, -0.1) is 0 Å². The zero-order chi connectivity index (χ0) is 19.3. The molecule has 0 unspecified atom stereocenters. The number of nitrogens with one attached hydrogen (secondary N) is 2. The molecule has 1 aromatic carbocycles. The lowest BCUT2D eigenvalue weighted by Crippen LogP contribution is -2.46. The Morgan fingerprint density at radius 2 is 2.27 bits per heavy atom. The molecule has 2 atom stereocenters. The van der Waals surface area contributed by atoms with Gasteiger partial charge in [-0.3, -0.25) is 4.79 Å². The maximum Gasteiger partial charge on any atom is 0.407 e. The zero-order valence-corrected chi connectivity index (χ0v) is 16.0. The van der Waals surface area contributed by atoms with Crippen LogP contribution >= 0.6 is 34.8 Å². The number of hydrogen-bond acceptors (Lipinski definition) is 5. The lowest BCUT2D eigenvalue weighted by Gasteiger charge is -2.27. The number of alkyl halides is 3. The quantitative estimate of drug-likeness (QED) is 0.520. The molecule has 1 aliphatic rings. The summed E-state index contributed by atoms with van der Waals surface area (Å²) in [7, 11) is 1.51. The molecule has 0 spiro atoms. The second-order valence-corrected chi connectivity index (χ2v) is 7.58. The molecule has 1 fully saturated rings. The number of cyclic esters (lactones) is 1. The van der Waals surface area contributed by atoms with Gasteiger partial charge in [-0.05, 0) is 12.1 Å². The third-order valence-corrected chi connectivity index (χ3v) is 4.07. The van der Waals surface area contributed by atoms with E-state index < -0.39 is 27.9 Å². The fraction of sp³-hybridized carbons (Fsp3) is 0.375. The number of methoxy groups -OCH3 is 1. The molecule has 2 N–H and O–H groups in total. The first-order valence-corrected chi connectivity index (χ1v) is 8.62. The SMILES string of the molecule is C=CCOc1cc(OC)ccc1[C@H](NC(=O)C(Cl)(Cl)Cl)[C@H]1COC(=O)N1. The molecule has 0 radical (unpaired) electrons. The van der Waals surface area contributed by atoms with Crippen molar-refractivity contribution < 1.29 is 23.8 Å². The average Bonchev–Trinajstić information content (AvgIpc) is 3.02. The van der Waals surface area contributed by atoms with Gasteiger partial charge in [0.2, 0.25) is 0 Å². The Hall–Kier alpha value is -1.83. The molecule has 1 aliphatic heterocycles. The Bertz CT molecular complexity index is 693. The number of rotatable bonds is 7. The molecule has 7 nitrogen and oxygen atoms in total. The maximum absolute atomic E-state index is 12.2. The standard InChI is InChI=1S/C16H17Cl3N2O5/c1-3-6-25-12-7-9(24-2)4-5-10(12)13(11-8-26-15(23)20-11)21-14(22)16(17,18)19/h3-5,7,11,13H,1,6,8H2,2H3,(H,20,23)(H,21,22)/t11-,13+/m1/s1. The summed E-state index contributed by atoms with van der Waals surface area (Å²) < 4.78 is 13.6. The van der Waals surface area contributed by atoms with E-state index in [1.807, 2.05) is 0 Å². The molecule has 26 heavy (non-hydrogen) atoms. The number of carbonyl (C=O) groups excluding carboxylic acids is 2. The van der Waals surface area contributed by atoms with Crippen molar-refractivity contribution in [1.29, 1.82) is 0 Å². The summed E-state index contributed by atoms with van der Waals surface area (Å²) in [6.45, 7) is 3.85. The summed E-state index contributed by atoms with van der Waals surface area (Å²) in [4.78, 5) is 23.6. The molecule has 0 bridgehead atoms. The van der Waals surface area contributed by atoms with Crippen molar-refractivity contribution in [1.82, 2.24) is 10.6 Å². The highest BCUT2D eigenvalue weighted by molar-refractivity contribution is 6.76. The minimum Gasteiger partial charge on any atom is -0.497 e. The lowest BCUT2D eigenvalue weighted by molar-refractivity contribution is -0.121. The monoisotopic (exact) mass is 422 g/mol. The van der Waals surface area contributed by atoms with E-state index in [0.29, 0.717) is 17.1 Å². The van der Waals surface area contributed by atoms with Gasteiger partial charge in [0.1, 0.15) is 24.7 Å². The van der Waals surface area contributed by atoms with Crippen LogP contribution < -0.4 is 20.1 Å². The second kappa shape index (κ2) is 8.70. The van der Waals surface area contributed by atoms with Crippen LogP contribution in [-0.4, -0.2) is 42.2 Å². The van der Waals surface area contributed by atoms with E-state index in [9.17, 15) is 9.59 Å². The minimum absolute atomic E-state index is 0.0244. The molecule has 10 heteroatoms. The van der Waals surface area contributed by atoms with E-state index in [0.717, 1.165) is 0 Å². The highest BCUT2D eigenvalue weighted by Gasteiger charge is 2.39. The molecule has 1 aromatic rings. The molecule has 2 rings (SSSR count). The molecule has 0 aromatic heterocycles. The Morgan fingerprint density at radius 1 is 1.54 bits per heavy atom. The fourth-order valence-electron chi connectivity index (χ4n) is 2.37. The first-order valence-electron chi connectivity index (χ1n) is 7.49. The van der Waals surface area contributed by atoms with Crippen molar-refractivity contribution in [2.75, 3.05) is 20.3 Å². The van der Waals surface area contributed by atoms with Crippen molar-refractivity contribution in [3.63, 3.8) is 0 Å². The smallest absolute Gasteiger partial charge is 0.407 e. The molecular weight excluding hydrogens is 407 g/mol. The van der Waals surface area contributed by atoms with E-state index in [4.69, 9.17) is 49.0 Å². The Morgan fingerprint density at radius 3 is 2.81 bits per heavy atom. The topological polar surface area (TPSA) is 85.9 Å². The second-order valence-electron chi connectivity index (χ2n) is 5.30. The van der Waals surface area contributed by atoms with Crippen LogP contribution in [-0.2, 0) is 9.53 Å². The van der Waals surface area contributed by atoms with Crippen LogP contribution in [0.2, 0.25) is 0 Å². The highest BCUT2D eigenvalue weighted by Crippen LogP contribution is 2.34. The summed E-state index contributed by atoms with van der Waals surface area (Å²) in [6, 6.07) is 3.66. The first kappa shape index (κ1) is 20.5. The van der Waals surface area contributed by atoms with Gasteiger partial charge in [0, 0.05) is 11.6 Å². The molecule has 1 heterocycles. The van der Waals surface area contributed by atoms with Crippen LogP contribution in [0.1, 0.15) is 11.6 Å². The average molecular weight is 424 g/mol. The predicted molar refractivity (Wildman–Crippen MR) is 98.1 cm³/mol. The maximum atomic E-state index is 12.2. The van der Waals surface area contributed by atoms with Crippen molar-refractivity contribution in [2.45, 2.75) is 15.9 Å². The van der Waals surface area contributed by atoms with Crippen LogP contribution in [0.15, 0.2) is 30.9 Å². The summed E-state index contributed by atoms with van der Waals surface area (Å²) in [6.07, 6.45) is 0.962. The zero-order valence-electron chi connectivity index (χ0n) is 13.8. The first-order chi connectivity index (χ1) is 12.3. The van der Waals surface area contributed by atoms with Crippen LogP contribution in [0.25, 0.3) is 0 Å².